The second kappa shape index (κ2) is 4.64. The largest absolute Gasteiger partial charge is 0.456 e. The van der Waals surface area contributed by atoms with Gasteiger partial charge in [-0.25, -0.2) is 4.79 Å². The molecule has 1 aromatic heterocycles. The summed E-state index contributed by atoms with van der Waals surface area (Å²) in [5, 5.41) is 0. The Bertz CT molecular complexity index is 512. The second-order valence-corrected chi connectivity index (χ2v) is 5.69. The zero-order valence-electron chi connectivity index (χ0n) is 10.6. The molecule has 0 aliphatic rings. The lowest BCUT2D eigenvalue weighted by Gasteiger charge is -2.20. The van der Waals surface area contributed by atoms with Crippen molar-refractivity contribution < 1.29 is 9.53 Å². The van der Waals surface area contributed by atoms with E-state index in [1.165, 1.54) is 0 Å². The van der Waals surface area contributed by atoms with Crippen molar-refractivity contribution in [2.45, 2.75) is 40.2 Å². The summed E-state index contributed by atoms with van der Waals surface area (Å²) < 4.78 is 5.92. The monoisotopic (exact) mass is 301 g/mol. The molecule has 0 aromatic carbocycles. The van der Waals surface area contributed by atoms with Gasteiger partial charge in [0.15, 0.2) is 0 Å². The minimum Gasteiger partial charge on any atom is -0.456 e. The van der Waals surface area contributed by atoms with Gasteiger partial charge in [-0.2, -0.15) is 0 Å². The van der Waals surface area contributed by atoms with Crippen LogP contribution in [0.15, 0.2) is 9.27 Å². The fourth-order valence-electron chi connectivity index (χ4n) is 1.42. The highest BCUT2D eigenvalue weighted by Gasteiger charge is 2.23. The first-order chi connectivity index (χ1) is 7.63. The SMILES string of the molecule is Cc1[nH]c(=O)c(C(=O)OC(C)(C)C)c(C)c1Br. The molecule has 17 heavy (non-hydrogen) atoms. The van der Waals surface area contributed by atoms with Crippen LogP contribution < -0.4 is 5.56 Å². The minimum absolute atomic E-state index is 0.0531. The Morgan fingerprint density at radius 2 is 1.82 bits per heavy atom. The molecule has 0 aliphatic carbocycles. The molecule has 1 N–H and O–H groups in total. The third-order valence-electron chi connectivity index (χ3n) is 2.16. The summed E-state index contributed by atoms with van der Waals surface area (Å²) in [4.78, 5) is 26.3. The second-order valence-electron chi connectivity index (χ2n) is 4.89. The number of aromatic amines is 1. The summed E-state index contributed by atoms with van der Waals surface area (Å²) in [6.45, 7) is 8.76. The molecule has 0 saturated heterocycles. The van der Waals surface area contributed by atoms with Gasteiger partial charge < -0.3 is 9.72 Å². The van der Waals surface area contributed by atoms with Gasteiger partial charge >= 0.3 is 5.97 Å². The zero-order chi connectivity index (χ0) is 13.4. The lowest BCUT2D eigenvalue weighted by Crippen LogP contribution is -2.29. The number of halogens is 1. The van der Waals surface area contributed by atoms with Crippen LogP contribution in [-0.4, -0.2) is 16.6 Å². The first-order valence-electron chi connectivity index (χ1n) is 5.26. The molecule has 1 aromatic rings. The van der Waals surface area contributed by atoms with E-state index in [1.54, 1.807) is 34.6 Å². The van der Waals surface area contributed by atoms with Crippen LogP contribution in [0.5, 0.6) is 0 Å². The molecule has 4 nitrogen and oxygen atoms in total. The van der Waals surface area contributed by atoms with Crippen molar-refractivity contribution in [2.24, 2.45) is 0 Å². The third kappa shape index (κ3) is 3.19. The predicted octanol–water partition coefficient (Wildman–Crippen LogP) is 2.71. The number of ether oxygens (including phenoxy) is 1. The Hall–Kier alpha value is -1.10. The first kappa shape index (κ1) is 14.0. The topological polar surface area (TPSA) is 59.2 Å². The Kier molecular flexibility index (Phi) is 3.81. The van der Waals surface area contributed by atoms with Crippen molar-refractivity contribution in [1.29, 1.82) is 0 Å². The van der Waals surface area contributed by atoms with Crippen molar-refractivity contribution in [1.82, 2.24) is 4.98 Å². The minimum atomic E-state index is -0.618. The smallest absolute Gasteiger partial charge is 0.344 e. The van der Waals surface area contributed by atoms with Gasteiger partial charge in [-0.1, -0.05) is 0 Å². The van der Waals surface area contributed by atoms with Crippen LogP contribution in [0.4, 0.5) is 0 Å². The van der Waals surface area contributed by atoms with Crippen LogP contribution in [0.2, 0.25) is 0 Å². The third-order valence-corrected chi connectivity index (χ3v) is 3.35. The Morgan fingerprint density at radius 3 is 2.29 bits per heavy atom. The van der Waals surface area contributed by atoms with Crippen LogP contribution >= 0.6 is 15.9 Å². The molecule has 0 aliphatic heterocycles. The molecular formula is C12H16BrNO3. The number of carbonyl (C=O) groups excluding carboxylic acids is 1. The summed E-state index contributed by atoms with van der Waals surface area (Å²) in [5.41, 5.74) is 0.308. The molecule has 94 valence electrons. The van der Waals surface area contributed by atoms with E-state index in [1.807, 2.05) is 0 Å². The molecule has 5 heteroatoms. The van der Waals surface area contributed by atoms with Crippen LogP contribution in [0, 0.1) is 13.8 Å². The number of aryl methyl sites for hydroxylation is 1. The highest BCUT2D eigenvalue weighted by Crippen LogP contribution is 2.21. The van der Waals surface area contributed by atoms with Crippen molar-refractivity contribution in [3.05, 3.63) is 31.6 Å². The van der Waals surface area contributed by atoms with E-state index in [0.29, 0.717) is 11.3 Å². The van der Waals surface area contributed by atoms with E-state index in [9.17, 15) is 9.59 Å². The average Bonchev–Trinajstić information content (AvgIpc) is 2.11. The maximum absolute atomic E-state index is 11.9. The number of hydrogen-bond donors (Lipinski definition) is 1. The Balaban J connectivity index is 3.29. The normalized spacial score (nSPS) is 11.4. The molecule has 0 fully saturated rings. The van der Waals surface area contributed by atoms with Crippen LogP contribution in [0.25, 0.3) is 0 Å². The predicted molar refractivity (Wildman–Crippen MR) is 69.4 cm³/mol. The van der Waals surface area contributed by atoms with Gasteiger partial charge in [0.25, 0.3) is 5.56 Å². The van der Waals surface area contributed by atoms with E-state index in [2.05, 4.69) is 20.9 Å². The maximum Gasteiger partial charge on any atom is 0.344 e. The number of H-pyrrole nitrogens is 1. The van der Waals surface area contributed by atoms with Crippen LogP contribution in [0.1, 0.15) is 42.4 Å². The standard InChI is InChI=1S/C12H16BrNO3/c1-6-8(11(16)17-12(3,4)5)10(15)14-7(2)9(6)13/h1-5H3,(H,14,15). The lowest BCUT2D eigenvalue weighted by atomic mass is 10.1. The highest BCUT2D eigenvalue weighted by molar-refractivity contribution is 9.10. The number of esters is 1. The van der Waals surface area contributed by atoms with Gasteiger partial charge in [0.2, 0.25) is 0 Å². The summed E-state index contributed by atoms with van der Waals surface area (Å²) >= 11 is 3.33. The summed E-state index contributed by atoms with van der Waals surface area (Å²) in [7, 11) is 0. The molecule has 0 saturated carbocycles. The quantitative estimate of drug-likeness (QED) is 0.811. The van der Waals surface area contributed by atoms with Gasteiger partial charge in [0.05, 0.1) is 0 Å². The molecule has 0 spiro atoms. The zero-order valence-corrected chi connectivity index (χ0v) is 12.2. The molecule has 0 atom stereocenters. The van der Waals surface area contributed by atoms with Gasteiger partial charge in [0.1, 0.15) is 11.2 Å². The fraction of sp³-hybridized carbons (Fsp3) is 0.500. The molecule has 1 heterocycles. The van der Waals surface area contributed by atoms with Gasteiger partial charge in [-0.15, -0.1) is 0 Å². The molecule has 0 radical (unpaired) electrons. The van der Waals surface area contributed by atoms with E-state index >= 15 is 0 Å². The molecule has 1 rings (SSSR count). The number of rotatable bonds is 1. The van der Waals surface area contributed by atoms with Crippen molar-refractivity contribution in [2.75, 3.05) is 0 Å². The summed E-state index contributed by atoms with van der Waals surface area (Å²) in [6.07, 6.45) is 0. The number of aromatic nitrogens is 1. The van der Waals surface area contributed by atoms with Crippen LogP contribution in [0.3, 0.4) is 0 Å². The average molecular weight is 302 g/mol. The lowest BCUT2D eigenvalue weighted by molar-refractivity contribution is 0.00666. The molecule has 0 unspecified atom stereocenters. The number of carbonyl (C=O) groups is 1. The van der Waals surface area contributed by atoms with E-state index < -0.39 is 17.1 Å². The van der Waals surface area contributed by atoms with Gasteiger partial charge in [0, 0.05) is 10.2 Å². The van der Waals surface area contributed by atoms with Gasteiger partial charge in [-0.3, -0.25) is 4.79 Å². The van der Waals surface area contributed by atoms with E-state index in [-0.39, 0.29) is 5.56 Å². The molecule has 0 amide bonds. The molecule has 0 bridgehead atoms. The number of nitrogens with one attached hydrogen (secondary N) is 1. The van der Waals surface area contributed by atoms with Crippen molar-refractivity contribution in [3.63, 3.8) is 0 Å². The van der Waals surface area contributed by atoms with E-state index in [4.69, 9.17) is 4.74 Å². The fourth-order valence-corrected chi connectivity index (χ4v) is 1.72. The number of pyridine rings is 1. The Labute approximate surface area is 109 Å². The summed E-state index contributed by atoms with van der Waals surface area (Å²) in [6, 6.07) is 0. The number of hydrogen-bond acceptors (Lipinski definition) is 3. The maximum atomic E-state index is 11.9. The highest BCUT2D eigenvalue weighted by atomic mass is 79.9. The van der Waals surface area contributed by atoms with Crippen molar-refractivity contribution >= 4 is 21.9 Å². The summed E-state index contributed by atoms with van der Waals surface area (Å²) in [5.74, 6) is -0.600. The van der Waals surface area contributed by atoms with Crippen molar-refractivity contribution in [3.8, 4) is 0 Å². The Morgan fingerprint density at radius 1 is 1.29 bits per heavy atom. The first-order valence-corrected chi connectivity index (χ1v) is 6.05. The molecular weight excluding hydrogens is 286 g/mol. The van der Waals surface area contributed by atoms with Gasteiger partial charge in [-0.05, 0) is 56.1 Å². The van der Waals surface area contributed by atoms with Crippen LogP contribution in [-0.2, 0) is 4.74 Å². The van der Waals surface area contributed by atoms with E-state index in [0.717, 1.165) is 4.47 Å².